The van der Waals surface area contributed by atoms with Gasteiger partial charge in [-0.25, -0.2) is 0 Å². The van der Waals surface area contributed by atoms with Crippen LogP contribution in [-0.4, -0.2) is 32.5 Å². The van der Waals surface area contributed by atoms with Crippen LogP contribution in [0, 0.1) is 0 Å². The monoisotopic (exact) mass is 379 g/mol. The maximum Gasteiger partial charge on any atom is 0.244 e. The number of halogens is 2. The van der Waals surface area contributed by atoms with Crippen LogP contribution >= 0.6 is 23.2 Å². The summed E-state index contributed by atoms with van der Waals surface area (Å²) in [6.07, 6.45) is 0. The van der Waals surface area contributed by atoms with Gasteiger partial charge in [0.05, 0.1) is 10.7 Å². The van der Waals surface area contributed by atoms with Gasteiger partial charge in [0.15, 0.2) is 0 Å². The van der Waals surface area contributed by atoms with Gasteiger partial charge in [0.2, 0.25) is 11.8 Å². The normalized spacial score (nSPS) is 10.3. The minimum Gasteiger partial charge on any atom is -0.378 e. The van der Waals surface area contributed by atoms with Crippen LogP contribution in [0.3, 0.4) is 0 Å². The Balaban J connectivity index is 2.12. The number of hydrogen-bond donors (Lipinski definition) is 1. The summed E-state index contributed by atoms with van der Waals surface area (Å²) in [5.41, 5.74) is 2.10. The van der Waals surface area contributed by atoms with E-state index in [0.717, 1.165) is 5.69 Å². The molecule has 0 spiro atoms. The van der Waals surface area contributed by atoms with Gasteiger partial charge in [-0.15, -0.1) is 0 Å². The van der Waals surface area contributed by atoms with Gasteiger partial charge in [-0.05, 0) is 42.5 Å². The van der Waals surface area contributed by atoms with Crippen molar-refractivity contribution in [1.29, 1.82) is 0 Å². The van der Waals surface area contributed by atoms with Crippen molar-refractivity contribution in [3.63, 3.8) is 0 Å². The molecule has 0 saturated heterocycles. The Morgan fingerprint density at radius 2 is 1.60 bits per heavy atom. The van der Waals surface area contributed by atoms with Crippen molar-refractivity contribution in [2.24, 2.45) is 0 Å². The van der Waals surface area contributed by atoms with E-state index in [0.29, 0.717) is 21.4 Å². The van der Waals surface area contributed by atoms with Crippen LogP contribution in [0.2, 0.25) is 10.0 Å². The number of rotatable bonds is 5. The predicted molar refractivity (Wildman–Crippen MR) is 104 cm³/mol. The topological polar surface area (TPSA) is 52.7 Å². The quantitative estimate of drug-likeness (QED) is 0.852. The molecular formula is C18H19Cl2N3O2. The number of nitrogens with one attached hydrogen (secondary N) is 1. The summed E-state index contributed by atoms with van der Waals surface area (Å²) >= 11 is 11.9. The highest BCUT2D eigenvalue weighted by Gasteiger charge is 2.17. The van der Waals surface area contributed by atoms with E-state index in [-0.39, 0.29) is 18.4 Å². The highest BCUT2D eigenvalue weighted by molar-refractivity contribution is 6.36. The molecule has 25 heavy (non-hydrogen) atoms. The second-order valence-corrected chi connectivity index (χ2v) is 6.53. The highest BCUT2D eigenvalue weighted by Crippen LogP contribution is 2.25. The first-order valence-corrected chi connectivity index (χ1v) is 8.34. The number of hydrogen-bond acceptors (Lipinski definition) is 3. The number of carbonyl (C=O) groups is 2. The zero-order valence-electron chi connectivity index (χ0n) is 14.2. The van der Waals surface area contributed by atoms with Crippen LogP contribution in [0.1, 0.15) is 6.92 Å². The molecule has 7 heteroatoms. The first kappa shape index (κ1) is 19.1. The molecule has 0 heterocycles. The van der Waals surface area contributed by atoms with E-state index in [1.165, 1.54) is 11.8 Å². The molecule has 0 fully saturated rings. The highest BCUT2D eigenvalue weighted by atomic mass is 35.5. The third-order valence-electron chi connectivity index (χ3n) is 3.56. The molecule has 2 rings (SSSR count). The minimum absolute atomic E-state index is 0.115. The van der Waals surface area contributed by atoms with Crippen LogP contribution in [0.4, 0.5) is 17.1 Å². The van der Waals surface area contributed by atoms with Gasteiger partial charge in [-0.1, -0.05) is 23.2 Å². The molecule has 0 aliphatic rings. The van der Waals surface area contributed by atoms with Crippen molar-refractivity contribution in [3.8, 4) is 0 Å². The number of benzene rings is 2. The van der Waals surface area contributed by atoms with Crippen molar-refractivity contribution < 1.29 is 9.59 Å². The molecule has 0 aliphatic heterocycles. The second kappa shape index (κ2) is 8.23. The van der Waals surface area contributed by atoms with Gasteiger partial charge in [-0.3, -0.25) is 9.59 Å². The summed E-state index contributed by atoms with van der Waals surface area (Å²) in [5, 5.41) is 3.51. The maximum absolute atomic E-state index is 12.3. The Morgan fingerprint density at radius 1 is 1.00 bits per heavy atom. The van der Waals surface area contributed by atoms with Crippen molar-refractivity contribution in [1.82, 2.24) is 0 Å². The zero-order chi connectivity index (χ0) is 18.6. The summed E-state index contributed by atoms with van der Waals surface area (Å²) in [6.45, 7) is 1.30. The number of amides is 2. The average Bonchev–Trinajstić information content (AvgIpc) is 2.55. The van der Waals surface area contributed by atoms with Crippen LogP contribution < -0.4 is 15.1 Å². The van der Waals surface area contributed by atoms with Crippen molar-refractivity contribution in [3.05, 3.63) is 52.5 Å². The maximum atomic E-state index is 12.3. The summed E-state index contributed by atoms with van der Waals surface area (Å²) < 4.78 is 0. The minimum atomic E-state index is -0.351. The summed E-state index contributed by atoms with van der Waals surface area (Å²) in [6, 6.07) is 12.2. The number of anilines is 3. The van der Waals surface area contributed by atoms with Crippen LogP contribution in [0.25, 0.3) is 0 Å². The lowest BCUT2D eigenvalue weighted by molar-refractivity contribution is -0.120. The van der Waals surface area contributed by atoms with E-state index in [2.05, 4.69) is 5.32 Å². The van der Waals surface area contributed by atoms with Crippen LogP contribution in [0.15, 0.2) is 42.5 Å². The van der Waals surface area contributed by atoms with E-state index in [9.17, 15) is 9.59 Å². The molecule has 0 radical (unpaired) electrons. The Morgan fingerprint density at radius 3 is 2.12 bits per heavy atom. The van der Waals surface area contributed by atoms with E-state index in [1.807, 2.05) is 31.1 Å². The summed E-state index contributed by atoms with van der Waals surface area (Å²) in [7, 11) is 3.86. The predicted octanol–water partition coefficient (Wildman–Crippen LogP) is 4.05. The molecule has 0 unspecified atom stereocenters. The van der Waals surface area contributed by atoms with Gasteiger partial charge in [-0.2, -0.15) is 0 Å². The summed E-state index contributed by atoms with van der Waals surface area (Å²) in [5.74, 6) is -0.578. The van der Waals surface area contributed by atoms with Crippen molar-refractivity contribution in [2.45, 2.75) is 6.92 Å². The molecule has 0 atom stereocenters. The first-order chi connectivity index (χ1) is 11.8. The number of nitrogens with zero attached hydrogens (tertiary/aromatic N) is 2. The van der Waals surface area contributed by atoms with Crippen LogP contribution in [0.5, 0.6) is 0 Å². The third-order valence-corrected chi connectivity index (χ3v) is 4.11. The average molecular weight is 380 g/mol. The molecule has 0 aliphatic carbocycles. The molecule has 2 amide bonds. The van der Waals surface area contributed by atoms with E-state index < -0.39 is 0 Å². The lowest BCUT2D eigenvalue weighted by atomic mass is 10.2. The van der Waals surface area contributed by atoms with Crippen molar-refractivity contribution >= 4 is 52.1 Å². The fourth-order valence-corrected chi connectivity index (χ4v) is 2.70. The molecule has 2 aromatic rings. The third kappa shape index (κ3) is 5.11. The standard InChI is InChI=1S/C18H19Cl2N3O2/c1-12(24)23(15-7-5-14(6-8-15)22(2)3)11-18(25)21-17-9-4-13(19)10-16(17)20/h4-10H,11H2,1-3H3,(H,21,25). The number of carbonyl (C=O) groups excluding carboxylic acids is 2. The second-order valence-electron chi connectivity index (χ2n) is 5.69. The molecule has 2 aromatic carbocycles. The molecular weight excluding hydrogens is 361 g/mol. The Hall–Kier alpha value is -2.24. The largest absolute Gasteiger partial charge is 0.378 e. The summed E-state index contributed by atoms with van der Waals surface area (Å²) in [4.78, 5) is 27.6. The fourth-order valence-electron chi connectivity index (χ4n) is 2.24. The van der Waals surface area contributed by atoms with Gasteiger partial charge >= 0.3 is 0 Å². The van der Waals surface area contributed by atoms with Gasteiger partial charge in [0.25, 0.3) is 0 Å². The van der Waals surface area contributed by atoms with E-state index in [1.54, 1.807) is 30.3 Å². The SMILES string of the molecule is CC(=O)N(CC(=O)Nc1ccc(Cl)cc1Cl)c1ccc(N(C)C)cc1. The Labute approximate surface area is 157 Å². The smallest absolute Gasteiger partial charge is 0.244 e. The lowest BCUT2D eigenvalue weighted by Gasteiger charge is -2.22. The molecule has 1 N–H and O–H groups in total. The molecule has 0 saturated carbocycles. The first-order valence-electron chi connectivity index (χ1n) is 7.58. The lowest BCUT2D eigenvalue weighted by Crippen LogP contribution is -2.36. The van der Waals surface area contributed by atoms with Crippen molar-refractivity contribution in [2.75, 3.05) is 35.8 Å². The fraction of sp³-hybridized carbons (Fsp3) is 0.222. The van der Waals surface area contributed by atoms with Crippen LogP contribution in [-0.2, 0) is 9.59 Å². The Kier molecular flexibility index (Phi) is 6.28. The van der Waals surface area contributed by atoms with E-state index in [4.69, 9.17) is 23.2 Å². The van der Waals surface area contributed by atoms with Gasteiger partial charge in [0.1, 0.15) is 6.54 Å². The molecule has 132 valence electrons. The molecule has 0 aromatic heterocycles. The molecule has 0 bridgehead atoms. The van der Waals surface area contributed by atoms with Gasteiger partial charge < -0.3 is 15.1 Å². The zero-order valence-corrected chi connectivity index (χ0v) is 15.7. The van der Waals surface area contributed by atoms with Gasteiger partial charge in [0, 0.05) is 37.4 Å². The van der Waals surface area contributed by atoms with E-state index >= 15 is 0 Å². The Bertz CT molecular complexity index is 776. The molecule has 5 nitrogen and oxygen atoms in total.